The Morgan fingerprint density at radius 3 is 2.15 bits per heavy atom. The largest absolute Gasteiger partial charge is 0.480 e. The van der Waals surface area contributed by atoms with Gasteiger partial charge in [-0.1, -0.05) is 20.8 Å². The summed E-state index contributed by atoms with van der Waals surface area (Å²) in [6, 6.07) is -0.899. The molecule has 0 spiro atoms. The first-order chi connectivity index (χ1) is 5.79. The van der Waals surface area contributed by atoms with Crippen molar-refractivity contribution in [3.05, 3.63) is 0 Å². The third-order valence-electron chi connectivity index (χ3n) is 1.60. The molecule has 0 rings (SSSR count). The molecule has 13 heavy (non-hydrogen) atoms. The van der Waals surface area contributed by atoms with E-state index in [0.717, 1.165) is 0 Å². The Balaban J connectivity index is 4.46. The van der Waals surface area contributed by atoms with E-state index < -0.39 is 23.3 Å². The van der Waals surface area contributed by atoms with Gasteiger partial charge in [0.25, 0.3) is 0 Å². The van der Waals surface area contributed by atoms with Crippen molar-refractivity contribution in [3.8, 4) is 0 Å². The van der Waals surface area contributed by atoms with Crippen LogP contribution >= 0.6 is 0 Å². The smallest absolute Gasteiger partial charge is 0.326 e. The second-order valence-corrected chi connectivity index (χ2v) is 3.91. The van der Waals surface area contributed by atoms with Crippen molar-refractivity contribution in [3.63, 3.8) is 0 Å². The van der Waals surface area contributed by atoms with Gasteiger partial charge < -0.3 is 16.2 Å². The summed E-state index contributed by atoms with van der Waals surface area (Å²) in [6.45, 7) is 5.02. The van der Waals surface area contributed by atoms with Crippen LogP contribution in [0.3, 0.4) is 0 Å². The topological polar surface area (TPSA) is 92.4 Å². The number of carbonyl (C=O) groups is 2. The molecule has 5 heteroatoms. The van der Waals surface area contributed by atoms with Crippen LogP contribution < -0.4 is 11.1 Å². The van der Waals surface area contributed by atoms with Gasteiger partial charge in [-0.05, 0) is 5.41 Å². The van der Waals surface area contributed by atoms with Gasteiger partial charge >= 0.3 is 5.97 Å². The third kappa shape index (κ3) is 3.89. The van der Waals surface area contributed by atoms with Crippen molar-refractivity contribution in [2.24, 2.45) is 11.1 Å². The lowest BCUT2D eigenvalue weighted by molar-refractivity contribution is -0.144. The van der Waals surface area contributed by atoms with Crippen LogP contribution in [0.5, 0.6) is 0 Å². The van der Waals surface area contributed by atoms with E-state index in [0.29, 0.717) is 0 Å². The van der Waals surface area contributed by atoms with Crippen molar-refractivity contribution in [1.82, 2.24) is 5.32 Å². The van der Waals surface area contributed by atoms with Crippen LogP contribution in [0.15, 0.2) is 0 Å². The number of hydrogen-bond donors (Lipinski definition) is 3. The molecule has 1 amide bonds. The van der Waals surface area contributed by atoms with Crippen molar-refractivity contribution in [1.29, 1.82) is 0 Å². The summed E-state index contributed by atoms with van der Waals surface area (Å²) in [7, 11) is 0. The maximum Gasteiger partial charge on any atom is 0.326 e. The molecule has 1 atom stereocenters. The molecule has 0 aromatic carbocycles. The van der Waals surface area contributed by atoms with Crippen molar-refractivity contribution >= 4 is 11.9 Å². The Kier molecular flexibility index (Phi) is 3.87. The lowest BCUT2D eigenvalue weighted by Gasteiger charge is -2.27. The lowest BCUT2D eigenvalue weighted by Crippen LogP contribution is -2.50. The van der Waals surface area contributed by atoms with Gasteiger partial charge in [0.2, 0.25) is 5.91 Å². The van der Waals surface area contributed by atoms with Gasteiger partial charge in [-0.25, -0.2) is 4.79 Å². The quantitative estimate of drug-likeness (QED) is 0.560. The highest BCUT2D eigenvalue weighted by Gasteiger charge is 2.32. The van der Waals surface area contributed by atoms with Gasteiger partial charge in [0, 0.05) is 0 Å². The van der Waals surface area contributed by atoms with Crippen LogP contribution in [0, 0.1) is 5.41 Å². The average Bonchev–Trinajstić information content (AvgIpc) is 1.96. The van der Waals surface area contributed by atoms with Gasteiger partial charge in [0.1, 0.15) is 6.04 Å². The van der Waals surface area contributed by atoms with E-state index in [-0.39, 0.29) is 6.54 Å². The predicted molar refractivity (Wildman–Crippen MR) is 48.1 cm³/mol. The molecule has 0 aliphatic heterocycles. The molecule has 0 aromatic heterocycles. The highest BCUT2D eigenvalue weighted by atomic mass is 16.4. The van der Waals surface area contributed by atoms with Crippen LogP contribution in [0.1, 0.15) is 20.8 Å². The maximum absolute atomic E-state index is 10.9. The first-order valence-electron chi connectivity index (χ1n) is 4.01. The maximum atomic E-state index is 10.9. The summed E-state index contributed by atoms with van der Waals surface area (Å²) < 4.78 is 0. The normalized spacial score (nSPS) is 13.5. The van der Waals surface area contributed by atoms with Crippen molar-refractivity contribution in [2.45, 2.75) is 26.8 Å². The molecule has 0 unspecified atom stereocenters. The molecule has 0 fully saturated rings. The summed E-state index contributed by atoms with van der Waals surface area (Å²) in [5.41, 5.74) is 4.54. The summed E-state index contributed by atoms with van der Waals surface area (Å²) in [4.78, 5) is 21.6. The molecule has 5 nitrogen and oxygen atoms in total. The first-order valence-corrected chi connectivity index (χ1v) is 4.01. The van der Waals surface area contributed by atoms with E-state index in [1.807, 2.05) is 0 Å². The van der Waals surface area contributed by atoms with Crippen LogP contribution in [-0.2, 0) is 9.59 Å². The molecule has 0 aliphatic rings. The molecular weight excluding hydrogens is 172 g/mol. The Morgan fingerprint density at radius 2 is 1.92 bits per heavy atom. The molecular formula is C8H16N2O3. The van der Waals surface area contributed by atoms with Gasteiger partial charge in [-0.3, -0.25) is 4.79 Å². The number of rotatable bonds is 3. The van der Waals surface area contributed by atoms with Gasteiger partial charge in [-0.2, -0.15) is 0 Å². The number of nitrogens with two attached hydrogens (primary N) is 1. The fourth-order valence-electron chi connectivity index (χ4n) is 0.869. The van der Waals surface area contributed by atoms with Gasteiger partial charge in [0.05, 0.1) is 6.54 Å². The molecule has 0 aromatic rings. The number of carbonyl (C=O) groups excluding carboxylic acids is 1. The van der Waals surface area contributed by atoms with E-state index >= 15 is 0 Å². The minimum Gasteiger partial charge on any atom is -0.480 e. The molecule has 0 saturated carbocycles. The van der Waals surface area contributed by atoms with E-state index in [2.05, 4.69) is 5.32 Å². The number of amides is 1. The monoisotopic (exact) mass is 188 g/mol. The lowest BCUT2D eigenvalue weighted by atomic mass is 9.87. The molecule has 0 heterocycles. The summed E-state index contributed by atoms with van der Waals surface area (Å²) in [6.07, 6.45) is 0. The third-order valence-corrected chi connectivity index (χ3v) is 1.60. The summed E-state index contributed by atoms with van der Waals surface area (Å²) >= 11 is 0. The number of hydrogen-bond acceptors (Lipinski definition) is 3. The van der Waals surface area contributed by atoms with Crippen LogP contribution in [0.2, 0.25) is 0 Å². The summed E-state index contributed by atoms with van der Waals surface area (Å²) in [5, 5.41) is 11.1. The standard InChI is InChI=1S/C8H16N2O3/c1-8(2,3)6(7(12)13)10-5(11)4-9/h6H,4,9H2,1-3H3,(H,10,11)(H,12,13)/t6-/m1/s1. The molecule has 76 valence electrons. The Bertz CT molecular complexity index is 208. The summed E-state index contributed by atoms with van der Waals surface area (Å²) in [5.74, 6) is -1.50. The van der Waals surface area contributed by atoms with Crippen molar-refractivity contribution < 1.29 is 14.7 Å². The van der Waals surface area contributed by atoms with E-state index in [1.165, 1.54) is 0 Å². The highest BCUT2D eigenvalue weighted by Crippen LogP contribution is 2.19. The Hall–Kier alpha value is -1.10. The highest BCUT2D eigenvalue weighted by molar-refractivity contribution is 5.85. The van der Waals surface area contributed by atoms with Crippen molar-refractivity contribution in [2.75, 3.05) is 6.54 Å². The Morgan fingerprint density at radius 1 is 1.46 bits per heavy atom. The SMILES string of the molecule is CC(C)(C)[C@H](NC(=O)CN)C(=O)O. The van der Waals surface area contributed by atoms with Gasteiger partial charge in [0.15, 0.2) is 0 Å². The number of aliphatic carboxylic acids is 1. The minimum absolute atomic E-state index is 0.195. The second kappa shape index (κ2) is 4.23. The van der Waals surface area contributed by atoms with Gasteiger partial charge in [-0.15, -0.1) is 0 Å². The van der Waals surface area contributed by atoms with Crippen LogP contribution in [0.4, 0.5) is 0 Å². The molecule has 0 bridgehead atoms. The number of carboxylic acids is 1. The molecule has 4 N–H and O–H groups in total. The first kappa shape index (κ1) is 11.9. The average molecular weight is 188 g/mol. The van der Waals surface area contributed by atoms with E-state index in [9.17, 15) is 9.59 Å². The fourth-order valence-corrected chi connectivity index (χ4v) is 0.869. The Labute approximate surface area is 77.3 Å². The minimum atomic E-state index is -1.05. The van der Waals surface area contributed by atoms with Crippen LogP contribution in [0.25, 0.3) is 0 Å². The fraction of sp³-hybridized carbons (Fsp3) is 0.750. The molecule has 0 saturated heterocycles. The molecule has 0 aliphatic carbocycles. The van der Waals surface area contributed by atoms with E-state index in [4.69, 9.17) is 10.8 Å². The second-order valence-electron chi connectivity index (χ2n) is 3.91. The van der Waals surface area contributed by atoms with Crippen LogP contribution in [-0.4, -0.2) is 29.6 Å². The zero-order valence-electron chi connectivity index (χ0n) is 8.13. The predicted octanol–water partition coefficient (Wildman–Crippen LogP) is -0.439. The number of nitrogens with one attached hydrogen (secondary N) is 1. The zero-order valence-corrected chi connectivity index (χ0v) is 8.13. The van der Waals surface area contributed by atoms with E-state index in [1.54, 1.807) is 20.8 Å². The zero-order chi connectivity index (χ0) is 10.6. The number of carboxylic acid groups (broad SMARTS) is 1. The molecule has 0 radical (unpaired) electrons.